The van der Waals surface area contributed by atoms with E-state index in [0.29, 0.717) is 33.0 Å². The fourth-order valence-electron chi connectivity index (χ4n) is 8.23. The Morgan fingerprint density at radius 2 is 1.39 bits per heavy atom. The normalized spacial score (nSPS) is 32.1. The number of aliphatic hydroxyl groups excluding tert-OH is 1. The number of ether oxygens (including phenoxy) is 4. The number of rotatable bonds is 0. The molecule has 4 aliphatic heterocycles. The molecule has 0 bridgehead atoms. The average Bonchev–Trinajstić information content (AvgIpc) is 2.85. The molecule has 0 aromatic heterocycles. The summed E-state index contributed by atoms with van der Waals surface area (Å²) in [6.45, 7) is 7.54. The molecule has 8 heteroatoms. The highest BCUT2D eigenvalue weighted by Gasteiger charge is 2.48. The molecule has 0 amide bonds. The van der Waals surface area contributed by atoms with Crippen LogP contribution in [0.25, 0.3) is 38.1 Å². The van der Waals surface area contributed by atoms with Crippen LogP contribution in [0.4, 0.5) is 0 Å². The molecule has 7 atom stereocenters. The molecular formula is C30H24O8. The van der Waals surface area contributed by atoms with Crippen molar-refractivity contribution >= 4 is 38.1 Å². The molecule has 192 valence electrons. The van der Waals surface area contributed by atoms with Crippen molar-refractivity contribution in [1.29, 1.82) is 0 Å². The van der Waals surface area contributed by atoms with Gasteiger partial charge in [-0.3, -0.25) is 9.59 Å². The van der Waals surface area contributed by atoms with Crippen LogP contribution in [0.15, 0.2) is 15.7 Å². The van der Waals surface area contributed by atoms with E-state index in [1.54, 1.807) is 0 Å². The Morgan fingerprint density at radius 1 is 0.711 bits per heavy atom. The van der Waals surface area contributed by atoms with Crippen LogP contribution in [0.5, 0.6) is 11.5 Å². The first-order valence-electron chi connectivity index (χ1n) is 13.2. The van der Waals surface area contributed by atoms with Gasteiger partial charge in [-0.1, -0.05) is 0 Å². The van der Waals surface area contributed by atoms with Crippen LogP contribution in [-0.2, 0) is 14.2 Å². The van der Waals surface area contributed by atoms with E-state index in [4.69, 9.17) is 18.9 Å². The Morgan fingerprint density at radius 3 is 2.16 bits per heavy atom. The number of hydrogen-bond acceptors (Lipinski definition) is 8. The predicted molar refractivity (Wildman–Crippen MR) is 138 cm³/mol. The zero-order chi connectivity index (χ0) is 26.1. The lowest BCUT2D eigenvalue weighted by molar-refractivity contribution is -0.135. The summed E-state index contributed by atoms with van der Waals surface area (Å²) in [5, 5.41) is 27.1. The van der Waals surface area contributed by atoms with Crippen molar-refractivity contribution in [1.82, 2.24) is 0 Å². The first-order chi connectivity index (χ1) is 18.2. The van der Waals surface area contributed by atoms with Crippen LogP contribution in [0.3, 0.4) is 0 Å². The van der Waals surface area contributed by atoms with E-state index in [-0.39, 0.29) is 51.6 Å². The highest BCUT2D eigenvalue weighted by atomic mass is 16.6. The van der Waals surface area contributed by atoms with Crippen molar-refractivity contribution in [3.05, 3.63) is 59.5 Å². The van der Waals surface area contributed by atoms with Crippen LogP contribution >= 0.6 is 0 Å². The van der Waals surface area contributed by atoms with Crippen molar-refractivity contribution in [2.45, 2.75) is 76.8 Å². The summed E-state index contributed by atoms with van der Waals surface area (Å²) >= 11 is 0. The first-order valence-corrected chi connectivity index (χ1v) is 13.2. The summed E-state index contributed by atoms with van der Waals surface area (Å²) in [4.78, 5) is 27.7. The minimum absolute atomic E-state index is 0.00597. The Labute approximate surface area is 215 Å². The maximum absolute atomic E-state index is 14.1. The number of hydrogen-bond donors (Lipinski definition) is 2. The minimum atomic E-state index is -0.583. The quantitative estimate of drug-likeness (QED) is 0.265. The third kappa shape index (κ3) is 2.09. The highest BCUT2D eigenvalue weighted by Crippen LogP contribution is 2.60. The van der Waals surface area contributed by atoms with Gasteiger partial charge in [0.15, 0.2) is 17.0 Å². The van der Waals surface area contributed by atoms with Gasteiger partial charge in [0.2, 0.25) is 0 Å². The van der Waals surface area contributed by atoms with E-state index in [0.717, 1.165) is 27.5 Å². The van der Waals surface area contributed by atoms with E-state index in [1.807, 2.05) is 27.7 Å². The first kappa shape index (κ1) is 21.5. The summed E-state index contributed by atoms with van der Waals surface area (Å²) in [6, 6.07) is 1.43. The van der Waals surface area contributed by atoms with Gasteiger partial charge in [-0.05, 0) is 38.6 Å². The molecule has 2 N–H and O–H groups in total. The molecule has 1 aliphatic carbocycles. The van der Waals surface area contributed by atoms with Gasteiger partial charge in [-0.25, -0.2) is 0 Å². The van der Waals surface area contributed by atoms with Gasteiger partial charge in [-0.2, -0.15) is 0 Å². The Kier molecular flexibility index (Phi) is 3.61. The third-order valence-corrected chi connectivity index (χ3v) is 9.50. The molecule has 0 saturated heterocycles. The zero-order valence-electron chi connectivity index (χ0n) is 21.2. The van der Waals surface area contributed by atoms with Gasteiger partial charge in [0, 0.05) is 56.3 Å². The average molecular weight is 513 g/mol. The lowest BCUT2D eigenvalue weighted by atomic mass is 9.72. The molecule has 4 aromatic carbocycles. The standard InChI is InChI=1S/C30H24O8/c1-7-15-25-23-19-13(37-29(25)9(3)35-7)6-12(32)18-22(19)24-20-14(5-11(31)17(21(20)23)27(15)33)38-30-10(4)36-8(2)16(26(24)30)28(18)34/h5,7-10,13,29-30,32-33H,6H2,1-4H3/t7-,8-,9-,10-,13+,29+,30-/m1/s1. The van der Waals surface area contributed by atoms with Gasteiger partial charge in [0.25, 0.3) is 0 Å². The number of aromatic hydroxyl groups is 1. The Hall–Kier alpha value is -3.46. The van der Waals surface area contributed by atoms with Crippen LogP contribution < -0.4 is 20.8 Å². The van der Waals surface area contributed by atoms with Crippen LogP contribution in [0.1, 0.15) is 92.5 Å². The van der Waals surface area contributed by atoms with Crippen molar-refractivity contribution in [2.24, 2.45) is 0 Å². The lowest BCUT2D eigenvalue weighted by Gasteiger charge is -2.45. The largest absolute Gasteiger partial charge is 0.511 e. The van der Waals surface area contributed by atoms with Crippen LogP contribution in [-0.4, -0.2) is 22.4 Å². The van der Waals surface area contributed by atoms with Crippen LogP contribution in [0.2, 0.25) is 0 Å². The molecule has 8 nitrogen and oxygen atoms in total. The smallest absolute Gasteiger partial charge is 0.196 e. The molecule has 5 aliphatic rings. The summed E-state index contributed by atoms with van der Waals surface area (Å²) in [7, 11) is 0. The van der Waals surface area contributed by atoms with E-state index < -0.39 is 30.5 Å². The van der Waals surface area contributed by atoms with E-state index in [2.05, 4.69) is 0 Å². The molecule has 0 unspecified atom stereocenters. The number of benzene rings is 4. The molecule has 9 rings (SSSR count). The van der Waals surface area contributed by atoms with Crippen molar-refractivity contribution in [3.63, 3.8) is 0 Å². The van der Waals surface area contributed by atoms with Gasteiger partial charge >= 0.3 is 0 Å². The van der Waals surface area contributed by atoms with Gasteiger partial charge in [0.1, 0.15) is 23.4 Å². The maximum Gasteiger partial charge on any atom is 0.196 e. The monoisotopic (exact) mass is 512 g/mol. The highest BCUT2D eigenvalue weighted by molar-refractivity contribution is 6.29. The third-order valence-electron chi connectivity index (χ3n) is 9.50. The lowest BCUT2D eigenvalue weighted by Crippen LogP contribution is -2.44. The molecule has 4 heterocycles. The maximum atomic E-state index is 14.1. The molecule has 0 fully saturated rings. The van der Waals surface area contributed by atoms with Crippen molar-refractivity contribution in [3.8, 4) is 11.5 Å². The molecular weight excluding hydrogens is 488 g/mol. The summed E-state index contributed by atoms with van der Waals surface area (Å²) in [5.41, 5.74) is 2.80. The molecule has 4 aromatic rings. The molecule has 38 heavy (non-hydrogen) atoms. The SMILES string of the molecule is C[C@H]1O[C@H](C)[C@@H]2O[C@H]3CC(O)=c4c(=O)c5c6c7c4c3c3c2c1c(O)c1c(=O)cc(c7c31)O[C@@H]6[C@@H](C)O[C@@H]5C. The summed E-state index contributed by atoms with van der Waals surface area (Å²) < 4.78 is 25.4. The van der Waals surface area contributed by atoms with Crippen molar-refractivity contribution < 1.29 is 29.2 Å². The molecule has 0 spiro atoms. The molecule has 0 radical (unpaired) electrons. The minimum Gasteiger partial charge on any atom is -0.511 e. The summed E-state index contributed by atoms with van der Waals surface area (Å²) in [5.74, 6) is 0.312. The second-order valence-electron chi connectivity index (χ2n) is 11.4. The fraction of sp³-hybridized carbons (Fsp3) is 0.400. The Bertz CT molecular complexity index is 2010. The van der Waals surface area contributed by atoms with Crippen LogP contribution in [0, 0.1) is 0 Å². The molecule has 0 saturated carbocycles. The van der Waals surface area contributed by atoms with Gasteiger partial charge in [0.05, 0.1) is 41.1 Å². The van der Waals surface area contributed by atoms with Gasteiger partial charge in [-0.15, -0.1) is 0 Å². The Balaban J connectivity index is 1.69. The predicted octanol–water partition coefficient (Wildman–Crippen LogP) is 4.30. The second-order valence-corrected chi connectivity index (χ2v) is 11.4. The van der Waals surface area contributed by atoms with E-state index >= 15 is 0 Å². The topological polar surface area (TPSA) is 112 Å². The van der Waals surface area contributed by atoms with E-state index in [1.165, 1.54) is 6.07 Å². The van der Waals surface area contributed by atoms with E-state index in [9.17, 15) is 19.8 Å². The second kappa shape index (κ2) is 6.39. The van der Waals surface area contributed by atoms with Gasteiger partial charge < -0.3 is 29.2 Å². The zero-order valence-corrected chi connectivity index (χ0v) is 21.2. The number of phenolic OH excluding ortho intramolecular Hbond substituents is 1. The fourth-order valence-corrected chi connectivity index (χ4v) is 8.23. The number of aliphatic hydroxyl groups is 1. The number of phenols is 1. The van der Waals surface area contributed by atoms with Crippen molar-refractivity contribution in [2.75, 3.05) is 0 Å². The summed E-state index contributed by atoms with van der Waals surface area (Å²) in [6.07, 6.45) is -3.12.